The van der Waals surface area contributed by atoms with E-state index >= 15 is 0 Å². The Morgan fingerprint density at radius 1 is 0.623 bits per heavy atom. The maximum absolute atomic E-state index is 13.7. The molecule has 6 atom stereocenters. The second kappa shape index (κ2) is 23.5. The molecule has 0 aromatic heterocycles. The smallest absolute Gasteiger partial charge is 0.273 e. The third-order valence-corrected chi connectivity index (χ3v) is 14.7. The van der Waals surface area contributed by atoms with Crippen molar-refractivity contribution in [2.45, 2.75) is 148 Å². The fraction of sp³-hybridized carbons (Fsp3) is 0.491. The van der Waals surface area contributed by atoms with Gasteiger partial charge in [-0.05, 0) is 153 Å². The van der Waals surface area contributed by atoms with Crippen LogP contribution in [0.3, 0.4) is 0 Å². The van der Waals surface area contributed by atoms with Crippen molar-refractivity contribution in [2.24, 2.45) is 16.6 Å². The van der Waals surface area contributed by atoms with Gasteiger partial charge < -0.3 is 41.1 Å². The van der Waals surface area contributed by atoms with Gasteiger partial charge in [-0.15, -0.1) is 0 Å². The number of nitrogens with one attached hydrogen (secondary N) is 1. The molecule has 2 fully saturated rings. The zero-order valence-electron chi connectivity index (χ0n) is 41.3. The second-order valence-electron chi connectivity index (χ2n) is 19.5. The van der Waals surface area contributed by atoms with E-state index in [4.69, 9.17) is 31.6 Å². The number of nitrogens with zero attached hydrogens (tertiary/aromatic N) is 5. The van der Waals surface area contributed by atoms with Crippen molar-refractivity contribution in [1.82, 2.24) is 9.80 Å². The van der Waals surface area contributed by atoms with Gasteiger partial charge in [-0.3, -0.25) is 24.8 Å². The number of amidine groups is 2. The molecule has 4 aliphatic rings. The minimum atomic E-state index is -0.982. The number of piperidine rings is 2. The van der Waals surface area contributed by atoms with E-state index in [1.54, 1.807) is 29.2 Å². The zero-order chi connectivity index (χ0) is 49.2. The van der Waals surface area contributed by atoms with Crippen LogP contribution in [-0.4, -0.2) is 93.9 Å². The Kier molecular flexibility index (Phi) is 17.3. The standard InChI is InChI=1S/C28H38N4O3.C27H36N4O3/c1-19-14-15-22(27(29)30-34)18-23(19)26-28(33)32(24-12-5-6-13-25(24)35-26)17-8-4-7-16-31-20(2)10-9-11-21(31)3;1-18-9-8-10-19(2)30(18)15-6-3-7-16-31-22-11-4-5-12-24(22)34-25(27(31)33)21-17-20(26(28)29)13-14-23(21)32/h5-6,12-15,18,20-21,26,34H,4,7-11,16-17H2,1-3H3,(H2,29,30);4-5,11-14,17-19,25,32H,3,6-10,15-16H2,1-2H3,(H3,28,29)/t20-,21+,26-;18-,19+,25-/m00/s1. The first-order chi connectivity index (χ1) is 33.3. The van der Waals surface area contributed by atoms with Gasteiger partial charge in [0.25, 0.3) is 11.8 Å². The van der Waals surface area contributed by atoms with Gasteiger partial charge in [0.2, 0.25) is 12.2 Å². The van der Waals surface area contributed by atoms with E-state index in [0.29, 0.717) is 65.4 Å². The van der Waals surface area contributed by atoms with Gasteiger partial charge in [0, 0.05) is 59.5 Å². The number of amides is 2. The quantitative estimate of drug-likeness (QED) is 0.0237. The van der Waals surface area contributed by atoms with Crippen LogP contribution in [-0.2, 0) is 9.59 Å². The van der Waals surface area contributed by atoms with Gasteiger partial charge in [-0.1, -0.05) is 67.2 Å². The molecule has 0 unspecified atom stereocenters. The molecule has 0 bridgehead atoms. The van der Waals surface area contributed by atoms with Crippen LogP contribution >= 0.6 is 0 Å². The highest BCUT2D eigenvalue weighted by molar-refractivity contribution is 6.03. The summed E-state index contributed by atoms with van der Waals surface area (Å²) in [7, 11) is 0. The van der Waals surface area contributed by atoms with Gasteiger partial charge in [-0.25, -0.2) is 0 Å². The summed E-state index contributed by atoms with van der Waals surface area (Å²) < 4.78 is 12.2. The zero-order valence-corrected chi connectivity index (χ0v) is 41.3. The number of aromatic hydroxyl groups is 1. The average molecular weight is 943 g/mol. The molecule has 69 heavy (non-hydrogen) atoms. The van der Waals surface area contributed by atoms with Gasteiger partial charge in [0.15, 0.2) is 5.84 Å². The number of hydrogen-bond donors (Lipinski definition) is 5. The van der Waals surface area contributed by atoms with E-state index in [9.17, 15) is 14.7 Å². The number of nitrogen functional groups attached to an aromatic ring is 1. The van der Waals surface area contributed by atoms with Gasteiger partial charge in [0.1, 0.15) is 23.1 Å². The van der Waals surface area contributed by atoms with Crippen LogP contribution in [0.4, 0.5) is 11.4 Å². The minimum Gasteiger partial charge on any atom is -0.508 e. The molecule has 0 spiro atoms. The first-order valence-electron chi connectivity index (χ1n) is 25.2. The number of anilines is 2. The first-order valence-corrected chi connectivity index (χ1v) is 25.2. The normalized spacial score (nSPS) is 23.0. The molecule has 7 N–H and O–H groups in total. The molecule has 4 aliphatic heterocycles. The third kappa shape index (κ3) is 12.0. The molecule has 0 radical (unpaired) electrons. The van der Waals surface area contributed by atoms with Crippen molar-refractivity contribution in [3.05, 3.63) is 113 Å². The van der Waals surface area contributed by atoms with Gasteiger partial charge >= 0.3 is 0 Å². The Hall–Kier alpha value is -6.12. The summed E-state index contributed by atoms with van der Waals surface area (Å²) in [6, 6.07) is 27.8. The number of benzene rings is 4. The van der Waals surface area contributed by atoms with Gasteiger partial charge in [-0.2, -0.15) is 0 Å². The molecule has 0 aliphatic carbocycles. The van der Waals surface area contributed by atoms with E-state index in [1.807, 2.05) is 66.4 Å². The number of carbonyl (C=O) groups excluding carboxylic acids is 2. The average Bonchev–Trinajstić information content (AvgIpc) is 3.34. The summed E-state index contributed by atoms with van der Waals surface area (Å²) in [6.07, 6.45) is 12.2. The van der Waals surface area contributed by atoms with Crippen LogP contribution in [0.1, 0.15) is 145 Å². The molecule has 2 saturated heterocycles. The number of para-hydroxylation sites is 4. The number of oxime groups is 1. The Bertz CT molecular complexity index is 2420. The molecule has 14 heteroatoms. The molecule has 0 saturated carbocycles. The topological polar surface area (TPSA) is 194 Å². The molecular formula is C55H74N8O6. The van der Waals surface area contributed by atoms with Crippen LogP contribution in [0.25, 0.3) is 0 Å². The number of phenolic OH excluding ortho intramolecular Hbond substituents is 1. The lowest BCUT2D eigenvalue weighted by atomic mass is 9.97. The number of unbranched alkanes of at least 4 members (excludes halogenated alkanes) is 4. The number of fused-ring (bicyclic) bond motifs is 2. The van der Waals surface area contributed by atoms with E-state index in [1.165, 1.54) is 44.6 Å². The van der Waals surface area contributed by atoms with Crippen molar-refractivity contribution in [3.8, 4) is 17.2 Å². The number of nitrogens with two attached hydrogens (primary N) is 2. The second-order valence-corrected chi connectivity index (χ2v) is 19.5. The third-order valence-electron chi connectivity index (χ3n) is 14.7. The summed E-state index contributed by atoms with van der Waals surface area (Å²) >= 11 is 0. The summed E-state index contributed by atoms with van der Waals surface area (Å²) in [5, 5.41) is 30.4. The van der Waals surface area contributed by atoms with Crippen LogP contribution in [0, 0.1) is 12.3 Å². The van der Waals surface area contributed by atoms with Crippen LogP contribution in [0.15, 0.2) is 90.1 Å². The fourth-order valence-corrected chi connectivity index (χ4v) is 10.7. The Morgan fingerprint density at radius 3 is 1.54 bits per heavy atom. The largest absolute Gasteiger partial charge is 0.508 e. The van der Waals surface area contributed by atoms with Crippen LogP contribution < -0.4 is 30.7 Å². The first kappa shape index (κ1) is 50.7. The van der Waals surface area contributed by atoms with E-state index in [2.05, 4.69) is 42.7 Å². The summed E-state index contributed by atoms with van der Waals surface area (Å²) in [5.41, 5.74) is 16.0. The molecule has 8 rings (SSSR count). The maximum atomic E-state index is 13.7. The monoisotopic (exact) mass is 943 g/mol. The highest BCUT2D eigenvalue weighted by atomic mass is 16.5. The number of likely N-dealkylation sites (tertiary alicyclic amines) is 2. The number of phenols is 1. The lowest BCUT2D eigenvalue weighted by Crippen LogP contribution is -2.44. The lowest BCUT2D eigenvalue weighted by molar-refractivity contribution is -0.127. The SMILES string of the molecule is C[C@@H]1CCC[C@H](C)N1CCCCCN1C(=O)[C@H](c2cc(C(=N)N)ccc2O)Oc2ccccc21.Cc1ccc(C(N)=NO)cc1[C@@H]1Oc2ccccc2N(CCCCCN2[C@H](C)CCC[C@@H]2C)C1=O. The number of ether oxygens (including phenoxy) is 2. The highest BCUT2D eigenvalue weighted by Gasteiger charge is 2.38. The molecule has 4 heterocycles. The molecule has 4 aromatic rings. The summed E-state index contributed by atoms with van der Waals surface area (Å²) in [5.74, 6) is 0.836. The van der Waals surface area contributed by atoms with Crippen molar-refractivity contribution < 1.29 is 29.4 Å². The summed E-state index contributed by atoms with van der Waals surface area (Å²) in [6.45, 7) is 14.8. The van der Waals surface area contributed by atoms with Crippen molar-refractivity contribution in [2.75, 3.05) is 36.0 Å². The predicted molar refractivity (Wildman–Crippen MR) is 274 cm³/mol. The molecule has 14 nitrogen and oxygen atoms in total. The predicted octanol–water partition coefficient (Wildman–Crippen LogP) is 9.57. The number of carbonyl (C=O) groups is 2. The highest BCUT2D eigenvalue weighted by Crippen LogP contribution is 2.42. The van der Waals surface area contributed by atoms with E-state index < -0.39 is 12.2 Å². The number of hydrogen-bond acceptors (Lipinski definition) is 10. The van der Waals surface area contributed by atoms with Crippen molar-refractivity contribution >= 4 is 34.9 Å². The Labute approximate surface area is 408 Å². The Balaban J connectivity index is 0.000000204. The summed E-state index contributed by atoms with van der Waals surface area (Å²) in [4.78, 5) is 36.1. The number of aryl methyl sites for hydroxylation is 1. The van der Waals surface area contributed by atoms with E-state index in [0.717, 1.165) is 74.1 Å². The molecule has 370 valence electrons. The van der Waals surface area contributed by atoms with Crippen LogP contribution in [0.5, 0.6) is 17.2 Å². The molecular weight excluding hydrogens is 869 g/mol. The molecule has 2 amide bonds. The fourth-order valence-electron chi connectivity index (χ4n) is 10.7. The van der Waals surface area contributed by atoms with Crippen molar-refractivity contribution in [3.63, 3.8) is 0 Å². The number of rotatable bonds is 16. The van der Waals surface area contributed by atoms with Crippen LogP contribution in [0.2, 0.25) is 0 Å². The Morgan fingerprint density at radius 2 is 1.06 bits per heavy atom. The van der Waals surface area contributed by atoms with Crippen molar-refractivity contribution in [1.29, 1.82) is 5.41 Å². The maximum Gasteiger partial charge on any atom is 0.273 e. The lowest BCUT2D eigenvalue weighted by Gasteiger charge is -2.39. The van der Waals surface area contributed by atoms with E-state index in [-0.39, 0.29) is 29.2 Å². The minimum absolute atomic E-state index is 0.00380. The molecule has 4 aromatic carbocycles. The van der Waals surface area contributed by atoms with Gasteiger partial charge in [0.05, 0.1) is 11.4 Å².